The van der Waals surface area contributed by atoms with E-state index in [0.717, 1.165) is 11.4 Å². The molecule has 2 aromatic carbocycles. The van der Waals surface area contributed by atoms with E-state index < -0.39 is 5.91 Å². The minimum Gasteiger partial charge on any atom is -0.492 e. The first kappa shape index (κ1) is 30.3. The van der Waals surface area contributed by atoms with Crippen molar-refractivity contribution < 1.29 is 23.9 Å². The van der Waals surface area contributed by atoms with Gasteiger partial charge in [-0.05, 0) is 31.2 Å². The first-order chi connectivity index (χ1) is 19.9. The summed E-state index contributed by atoms with van der Waals surface area (Å²) < 4.78 is 10.9. The summed E-state index contributed by atoms with van der Waals surface area (Å²) in [5, 5.41) is 5.18. The normalized spacial score (nSPS) is 13.1. The number of nitrogens with zero attached hydrogens (tertiary/aromatic N) is 4. The number of benzene rings is 2. The molecule has 1 N–H and O–H groups in total. The second kappa shape index (κ2) is 14.8. The van der Waals surface area contributed by atoms with Gasteiger partial charge in [0.2, 0.25) is 11.8 Å². The fourth-order valence-electron chi connectivity index (χ4n) is 4.50. The van der Waals surface area contributed by atoms with Gasteiger partial charge in [0, 0.05) is 45.2 Å². The Kier molecular flexibility index (Phi) is 10.9. The van der Waals surface area contributed by atoms with Crippen LogP contribution in [-0.2, 0) is 20.7 Å². The summed E-state index contributed by atoms with van der Waals surface area (Å²) in [4.78, 5) is 48.7. The molecular formula is C29H34ClN5O5S. The lowest BCUT2D eigenvalue weighted by molar-refractivity contribution is -0.130. The molecule has 1 aliphatic rings. The molecule has 10 nitrogen and oxygen atoms in total. The zero-order valence-corrected chi connectivity index (χ0v) is 24.7. The molecule has 0 aliphatic carbocycles. The van der Waals surface area contributed by atoms with Crippen LogP contribution < -0.4 is 15.0 Å². The molecule has 0 atom stereocenters. The summed E-state index contributed by atoms with van der Waals surface area (Å²) in [6.45, 7) is 5.46. The average molecular weight is 600 g/mol. The maximum Gasteiger partial charge on any atom is 0.255 e. The Balaban J connectivity index is 1.29. The van der Waals surface area contributed by atoms with Crippen molar-refractivity contribution in [2.45, 2.75) is 13.3 Å². The van der Waals surface area contributed by atoms with E-state index in [-0.39, 0.29) is 37.9 Å². The van der Waals surface area contributed by atoms with Crippen molar-refractivity contribution in [1.82, 2.24) is 14.8 Å². The van der Waals surface area contributed by atoms with E-state index >= 15 is 0 Å². The third kappa shape index (κ3) is 8.18. The van der Waals surface area contributed by atoms with Crippen LogP contribution in [0.25, 0.3) is 0 Å². The van der Waals surface area contributed by atoms with E-state index in [9.17, 15) is 14.4 Å². The minimum absolute atomic E-state index is 0.0120. The summed E-state index contributed by atoms with van der Waals surface area (Å²) >= 11 is 7.43. The minimum atomic E-state index is -0.405. The first-order valence-electron chi connectivity index (χ1n) is 13.4. The van der Waals surface area contributed by atoms with Crippen molar-refractivity contribution in [3.63, 3.8) is 0 Å². The maximum atomic E-state index is 13.0. The first-order valence-corrected chi connectivity index (χ1v) is 14.7. The van der Waals surface area contributed by atoms with Crippen LogP contribution in [0.4, 0.5) is 10.8 Å². The molecule has 0 unspecified atom stereocenters. The van der Waals surface area contributed by atoms with Crippen LogP contribution >= 0.6 is 22.9 Å². The van der Waals surface area contributed by atoms with Gasteiger partial charge in [0.05, 0.1) is 41.6 Å². The van der Waals surface area contributed by atoms with Crippen molar-refractivity contribution >= 4 is 51.5 Å². The largest absolute Gasteiger partial charge is 0.492 e. The van der Waals surface area contributed by atoms with Gasteiger partial charge in [-0.1, -0.05) is 35.9 Å². The van der Waals surface area contributed by atoms with E-state index in [1.165, 1.54) is 23.3 Å². The van der Waals surface area contributed by atoms with Gasteiger partial charge in [0.15, 0.2) is 5.13 Å². The number of aromatic nitrogens is 1. The highest BCUT2D eigenvalue weighted by Crippen LogP contribution is 2.29. The highest BCUT2D eigenvalue weighted by molar-refractivity contribution is 7.13. The zero-order chi connectivity index (χ0) is 29.2. The van der Waals surface area contributed by atoms with Crippen LogP contribution in [0, 0.1) is 0 Å². The number of ether oxygens (including phenoxy) is 2. The Hall–Kier alpha value is -3.67. The number of methoxy groups -OCH3 is 1. The maximum absolute atomic E-state index is 13.0. The third-order valence-electron chi connectivity index (χ3n) is 6.56. The van der Waals surface area contributed by atoms with Crippen molar-refractivity contribution in [3.8, 4) is 5.75 Å². The molecular weight excluding hydrogens is 566 g/mol. The molecule has 0 bridgehead atoms. The van der Waals surface area contributed by atoms with Crippen LogP contribution in [-0.4, -0.2) is 92.1 Å². The molecule has 1 fully saturated rings. The van der Waals surface area contributed by atoms with Crippen LogP contribution in [0.1, 0.15) is 23.0 Å². The molecule has 41 heavy (non-hydrogen) atoms. The molecule has 0 spiro atoms. The molecule has 1 aliphatic heterocycles. The number of rotatable bonds is 12. The molecule has 12 heteroatoms. The number of nitrogens with one attached hydrogen (secondary N) is 1. The Labute approximate surface area is 248 Å². The molecule has 3 amide bonds. The van der Waals surface area contributed by atoms with Gasteiger partial charge in [-0.15, -0.1) is 11.3 Å². The van der Waals surface area contributed by atoms with E-state index in [0.29, 0.717) is 54.2 Å². The van der Waals surface area contributed by atoms with Crippen molar-refractivity contribution in [1.29, 1.82) is 0 Å². The molecule has 1 aromatic heterocycles. The zero-order valence-electron chi connectivity index (χ0n) is 23.2. The Morgan fingerprint density at radius 3 is 2.54 bits per heavy atom. The number of anilines is 2. The van der Waals surface area contributed by atoms with E-state index in [4.69, 9.17) is 21.1 Å². The van der Waals surface area contributed by atoms with Gasteiger partial charge in [0.1, 0.15) is 12.3 Å². The average Bonchev–Trinajstić information content (AvgIpc) is 3.42. The van der Waals surface area contributed by atoms with Gasteiger partial charge >= 0.3 is 0 Å². The van der Waals surface area contributed by atoms with Crippen LogP contribution in [0.5, 0.6) is 5.75 Å². The van der Waals surface area contributed by atoms with Crippen LogP contribution in [0.15, 0.2) is 53.9 Å². The lowest BCUT2D eigenvalue weighted by atomic mass is 10.2. The third-order valence-corrected chi connectivity index (χ3v) is 7.70. The number of piperazine rings is 1. The second-order valence-electron chi connectivity index (χ2n) is 9.34. The second-order valence-corrected chi connectivity index (χ2v) is 10.6. The number of thiazole rings is 1. The number of hydrogen-bond acceptors (Lipinski definition) is 8. The number of carbonyl (C=O) groups excluding carboxylic acids is 3. The van der Waals surface area contributed by atoms with Gasteiger partial charge in [-0.25, -0.2) is 4.98 Å². The monoisotopic (exact) mass is 599 g/mol. The van der Waals surface area contributed by atoms with Crippen LogP contribution in [0.3, 0.4) is 0 Å². The fourth-order valence-corrected chi connectivity index (χ4v) is 5.44. The van der Waals surface area contributed by atoms with Gasteiger partial charge in [-0.2, -0.15) is 0 Å². The molecule has 0 radical (unpaired) electrons. The van der Waals surface area contributed by atoms with Gasteiger partial charge < -0.3 is 29.5 Å². The number of carbonyl (C=O) groups is 3. The van der Waals surface area contributed by atoms with Gasteiger partial charge in [-0.3, -0.25) is 14.4 Å². The number of para-hydroxylation sites is 2. The molecule has 4 rings (SSSR count). The van der Waals surface area contributed by atoms with Crippen molar-refractivity contribution in [3.05, 3.63) is 70.2 Å². The molecule has 3 aromatic rings. The number of halogens is 1. The lowest BCUT2D eigenvalue weighted by Crippen LogP contribution is -2.49. The van der Waals surface area contributed by atoms with E-state index in [1.807, 2.05) is 36.1 Å². The Morgan fingerprint density at radius 2 is 1.80 bits per heavy atom. The van der Waals surface area contributed by atoms with Crippen LogP contribution in [0.2, 0.25) is 5.02 Å². The standard InChI is InChI=1S/C29H34ClN5O5S/c1-3-40-25-11-7-6-10-24(25)33-12-14-34(15-13-33)27(37)18-21-20-41-29(31-21)32-26(36)19-35(16-17-39-2)28(38)22-8-4-5-9-23(22)30/h4-11,20H,3,12-19H2,1-2H3,(H,31,32,36). The highest BCUT2D eigenvalue weighted by Gasteiger charge is 2.24. The highest BCUT2D eigenvalue weighted by atomic mass is 35.5. The lowest BCUT2D eigenvalue weighted by Gasteiger charge is -2.36. The summed E-state index contributed by atoms with van der Waals surface area (Å²) in [5.41, 5.74) is 1.94. The predicted molar refractivity (Wildman–Crippen MR) is 160 cm³/mol. The summed E-state index contributed by atoms with van der Waals surface area (Å²) in [5.74, 6) is 0.0655. The van der Waals surface area contributed by atoms with Gasteiger partial charge in [0.25, 0.3) is 5.91 Å². The number of hydrogen-bond donors (Lipinski definition) is 1. The molecule has 0 saturated carbocycles. The van der Waals surface area contributed by atoms with E-state index in [1.54, 1.807) is 29.6 Å². The van der Waals surface area contributed by atoms with E-state index in [2.05, 4.69) is 15.2 Å². The topological polar surface area (TPSA) is 104 Å². The quantitative estimate of drug-likeness (QED) is 0.338. The Bertz CT molecular complexity index is 1340. The summed E-state index contributed by atoms with van der Waals surface area (Å²) in [7, 11) is 1.53. The van der Waals surface area contributed by atoms with Crippen molar-refractivity contribution in [2.24, 2.45) is 0 Å². The molecule has 218 valence electrons. The molecule has 2 heterocycles. The van der Waals surface area contributed by atoms with Crippen molar-refractivity contribution in [2.75, 3.05) is 69.8 Å². The Morgan fingerprint density at radius 1 is 1.07 bits per heavy atom. The summed E-state index contributed by atoms with van der Waals surface area (Å²) in [6, 6.07) is 14.6. The summed E-state index contributed by atoms with van der Waals surface area (Å²) in [6.07, 6.45) is 0.146. The predicted octanol–water partition coefficient (Wildman–Crippen LogP) is 3.81. The smallest absolute Gasteiger partial charge is 0.255 e. The fraction of sp³-hybridized carbons (Fsp3) is 0.379. The number of amides is 3. The SMILES string of the molecule is CCOc1ccccc1N1CCN(C(=O)Cc2csc(NC(=O)CN(CCOC)C(=O)c3ccccc3Cl)n2)CC1. The molecule has 1 saturated heterocycles.